The summed E-state index contributed by atoms with van der Waals surface area (Å²) in [5.41, 5.74) is -0.180. The van der Waals surface area contributed by atoms with Crippen molar-refractivity contribution in [3.8, 4) is 5.75 Å². The van der Waals surface area contributed by atoms with Crippen molar-refractivity contribution in [2.75, 3.05) is 47.4 Å². The van der Waals surface area contributed by atoms with Crippen LogP contribution in [0.3, 0.4) is 0 Å². The number of hydrogen-bond donors (Lipinski definition) is 2. The molecule has 0 saturated carbocycles. The number of methoxy groups -OCH3 is 1. The van der Waals surface area contributed by atoms with E-state index in [1.807, 2.05) is 11.9 Å². The topological polar surface area (TPSA) is 108 Å². The lowest BCUT2D eigenvalue weighted by Crippen LogP contribution is -2.73. The van der Waals surface area contributed by atoms with Crippen LogP contribution in [0.15, 0.2) is 18.2 Å². The van der Waals surface area contributed by atoms with E-state index in [9.17, 15) is 27.2 Å². The molecular weight excluding hydrogens is 442 g/mol. The number of morpholine rings is 1. The number of likely N-dealkylation sites (N-methyl/N-ethyl adjacent to an activating group) is 2. The zero-order valence-electron chi connectivity index (χ0n) is 17.5. The Morgan fingerprint density at radius 1 is 1.25 bits per heavy atom. The van der Waals surface area contributed by atoms with Gasteiger partial charge in [-0.25, -0.2) is 9.18 Å². The van der Waals surface area contributed by atoms with Crippen LogP contribution in [0.2, 0.25) is 0 Å². The third kappa shape index (κ3) is 5.65. The van der Waals surface area contributed by atoms with E-state index in [4.69, 9.17) is 19.4 Å². The third-order valence-corrected chi connectivity index (χ3v) is 5.05. The molecule has 9 nitrogen and oxygen atoms in total. The van der Waals surface area contributed by atoms with Crippen LogP contribution in [0, 0.1) is 5.82 Å². The Balaban J connectivity index is 0.000000451. The van der Waals surface area contributed by atoms with Crippen LogP contribution >= 0.6 is 0 Å². The van der Waals surface area contributed by atoms with Gasteiger partial charge in [0.15, 0.2) is 11.6 Å². The highest BCUT2D eigenvalue weighted by atomic mass is 19.4. The SMILES string of the molecule is CNC(=O)C1COC2(CN(C(=O)c3ccc(OC)c(F)c3)C2)CN1C.O=C(O)C(F)(F)F. The minimum Gasteiger partial charge on any atom is -0.494 e. The van der Waals surface area contributed by atoms with Gasteiger partial charge in [-0.05, 0) is 25.2 Å². The number of benzene rings is 1. The molecule has 0 bridgehead atoms. The van der Waals surface area contributed by atoms with Crippen LogP contribution in [-0.4, -0.2) is 98.0 Å². The van der Waals surface area contributed by atoms with Crippen molar-refractivity contribution in [1.29, 1.82) is 0 Å². The lowest BCUT2D eigenvalue weighted by atomic mass is 9.90. The van der Waals surface area contributed by atoms with E-state index in [1.165, 1.54) is 19.2 Å². The highest BCUT2D eigenvalue weighted by molar-refractivity contribution is 5.95. The van der Waals surface area contributed by atoms with E-state index in [0.29, 0.717) is 19.6 Å². The molecule has 2 fully saturated rings. The number of rotatable bonds is 3. The third-order valence-electron chi connectivity index (χ3n) is 5.05. The lowest BCUT2D eigenvalue weighted by Gasteiger charge is -2.54. The van der Waals surface area contributed by atoms with Gasteiger partial charge >= 0.3 is 12.1 Å². The molecule has 0 aromatic heterocycles. The number of alkyl halides is 3. The van der Waals surface area contributed by atoms with E-state index >= 15 is 0 Å². The second kappa shape index (κ2) is 9.69. The number of likely N-dealkylation sites (tertiary alicyclic amines) is 1. The molecular formula is C19H23F4N3O6. The molecule has 1 aromatic carbocycles. The summed E-state index contributed by atoms with van der Waals surface area (Å²) < 4.78 is 56.3. The predicted octanol–water partition coefficient (Wildman–Crippen LogP) is 0.739. The Kier molecular flexibility index (Phi) is 7.67. The summed E-state index contributed by atoms with van der Waals surface area (Å²) in [5, 5.41) is 9.75. The maximum Gasteiger partial charge on any atom is 0.490 e. The fourth-order valence-corrected chi connectivity index (χ4v) is 3.40. The van der Waals surface area contributed by atoms with Crippen molar-refractivity contribution < 1.29 is 46.5 Å². The van der Waals surface area contributed by atoms with Gasteiger partial charge in [-0.15, -0.1) is 0 Å². The van der Waals surface area contributed by atoms with Crippen LogP contribution in [0.4, 0.5) is 17.6 Å². The highest BCUT2D eigenvalue weighted by Gasteiger charge is 2.51. The number of amides is 2. The quantitative estimate of drug-likeness (QED) is 0.634. The summed E-state index contributed by atoms with van der Waals surface area (Å²) >= 11 is 0. The zero-order valence-corrected chi connectivity index (χ0v) is 17.5. The number of nitrogens with one attached hydrogen (secondary N) is 1. The van der Waals surface area contributed by atoms with Gasteiger partial charge in [-0.3, -0.25) is 14.5 Å². The van der Waals surface area contributed by atoms with Crippen molar-refractivity contribution in [1.82, 2.24) is 15.1 Å². The fourth-order valence-electron chi connectivity index (χ4n) is 3.40. The lowest BCUT2D eigenvalue weighted by molar-refractivity contribution is -0.192. The van der Waals surface area contributed by atoms with Crippen LogP contribution in [0.25, 0.3) is 0 Å². The molecule has 32 heavy (non-hydrogen) atoms. The van der Waals surface area contributed by atoms with Crippen molar-refractivity contribution in [3.05, 3.63) is 29.6 Å². The van der Waals surface area contributed by atoms with Crippen LogP contribution in [-0.2, 0) is 14.3 Å². The first kappa shape index (κ1) is 25.3. The number of halogens is 4. The summed E-state index contributed by atoms with van der Waals surface area (Å²) in [5.74, 6) is -3.54. The van der Waals surface area contributed by atoms with Crippen LogP contribution < -0.4 is 10.1 Å². The minimum atomic E-state index is -5.08. The summed E-state index contributed by atoms with van der Waals surface area (Å²) in [6, 6.07) is 3.85. The summed E-state index contributed by atoms with van der Waals surface area (Å²) in [7, 11) is 4.84. The summed E-state index contributed by atoms with van der Waals surface area (Å²) in [6.07, 6.45) is -5.08. The number of carbonyl (C=O) groups excluding carboxylic acids is 2. The molecule has 178 valence electrons. The Morgan fingerprint density at radius 3 is 2.28 bits per heavy atom. The van der Waals surface area contributed by atoms with Gasteiger partial charge < -0.3 is 24.8 Å². The van der Waals surface area contributed by atoms with Gasteiger partial charge in [0.25, 0.3) is 5.91 Å². The molecule has 1 unspecified atom stereocenters. The molecule has 0 aliphatic carbocycles. The van der Waals surface area contributed by atoms with Crippen molar-refractivity contribution in [2.45, 2.75) is 17.8 Å². The first-order chi connectivity index (χ1) is 14.8. The molecule has 2 heterocycles. The largest absolute Gasteiger partial charge is 0.494 e. The van der Waals surface area contributed by atoms with Gasteiger partial charge in [0.05, 0.1) is 26.8 Å². The first-order valence-electron chi connectivity index (χ1n) is 9.32. The average Bonchev–Trinajstić information content (AvgIpc) is 2.70. The molecule has 2 aliphatic heterocycles. The number of carboxylic acid groups (broad SMARTS) is 1. The maximum absolute atomic E-state index is 13.8. The Morgan fingerprint density at radius 2 is 1.84 bits per heavy atom. The Labute approximate surface area is 180 Å². The molecule has 3 rings (SSSR count). The number of carbonyl (C=O) groups is 3. The average molecular weight is 465 g/mol. The molecule has 0 radical (unpaired) electrons. The highest BCUT2D eigenvalue weighted by Crippen LogP contribution is 2.32. The number of ether oxygens (including phenoxy) is 2. The van der Waals surface area contributed by atoms with E-state index in [0.717, 1.165) is 0 Å². The molecule has 1 atom stereocenters. The number of carboxylic acids is 1. The van der Waals surface area contributed by atoms with Gasteiger partial charge in [0.1, 0.15) is 11.6 Å². The van der Waals surface area contributed by atoms with Crippen LogP contribution in [0.5, 0.6) is 5.75 Å². The van der Waals surface area contributed by atoms with Gasteiger partial charge in [-0.2, -0.15) is 13.2 Å². The molecule has 13 heteroatoms. The molecule has 2 N–H and O–H groups in total. The van der Waals surface area contributed by atoms with Crippen LogP contribution in [0.1, 0.15) is 10.4 Å². The number of aliphatic carboxylic acids is 1. The fraction of sp³-hybridized carbons (Fsp3) is 0.526. The zero-order chi connectivity index (χ0) is 24.3. The molecule has 2 aliphatic rings. The van der Waals surface area contributed by atoms with Crippen molar-refractivity contribution >= 4 is 17.8 Å². The van der Waals surface area contributed by atoms with E-state index in [2.05, 4.69) is 5.32 Å². The summed E-state index contributed by atoms with van der Waals surface area (Å²) in [6.45, 7) is 1.69. The Hall–Kier alpha value is -2.93. The van der Waals surface area contributed by atoms with Gasteiger partial charge in [0, 0.05) is 19.2 Å². The van der Waals surface area contributed by atoms with E-state index in [-0.39, 0.29) is 35.8 Å². The summed E-state index contributed by atoms with van der Waals surface area (Å²) in [4.78, 5) is 36.7. The van der Waals surface area contributed by atoms with Gasteiger partial charge in [0.2, 0.25) is 5.91 Å². The van der Waals surface area contributed by atoms with Crippen molar-refractivity contribution in [3.63, 3.8) is 0 Å². The monoisotopic (exact) mass is 465 g/mol. The smallest absolute Gasteiger partial charge is 0.490 e. The molecule has 2 amide bonds. The van der Waals surface area contributed by atoms with E-state index in [1.54, 1.807) is 18.0 Å². The van der Waals surface area contributed by atoms with E-state index < -0.39 is 23.6 Å². The second-order valence-electron chi connectivity index (χ2n) is 7.35. The minimum absolute atomic E-state index is 0.0849. The first-order valence-corrected chi connectivity index (χ1v) is 9.32. The van der Waals surface area contributed by atoms with Crippen molar-refractivity contribution in [2.24, 2.45) is 0 Å². The molecule has 1 spiro atoms. The standard InChI is InChI=1S/C17H22FN3O4.C2HF3O2/c1-19-15(22)13-7-25-17(8-20(13)2)9-21(10-17)16(23)11-4-5-14(24-3)12(18)6-11;3-2(4,5)1(6)7/h4-6,13H,7-10H2,1-3H3,(H,19,22);(H,6,7). The normalized spacial score (nSPS) is 20.0. The Bertz CT molecular complexity index is 873. The maximum atomic E-state index is 13.8. The van der Waals surface area contributed by atoms with Gasteiger partial charge in [-0.1, -0.05) is 0 Å². The second-order valence-corrected chi connectivity index (χ2v) is 7.35. The predicted molar refractivity (Wildman–Crippen MR) is 102 cm³/mol. The number of hydrogen-bond acceptors (Lipinski definition) is 6. The molecule has 1 aromatic rings. The number of nitrogens with zero attached hydrogens (tertiary/aromatic N) is 2. The molecule has 2 saturated heterocycles.